The summed E-state index contributed by atoms with van der Waals surface area (Å²) in [4.78, 5) is 26.6. The van der Waals surface area contributed by atoms with Gasteiger partial charge in [0.05, 0.1) is 16.6 Å². The number of amides is 1. The van der Waals surface area contributed by atoms with Crippen molar-refractivity contribution in [1.82, 2.24) is 9.36 Å². The summed E-state index contributed by atoms with van der Waals surface area (Å²) in [7, 11) is 1.81. The van der Waals surface area contributed by atoms with Gasteiger partial charge in [-0.15, -0.1) is 11.8 Å². The summed E-state index contributed by atoms with van der Waals surface area (Å²) in [6.45, 7) is 5.70. The Labute approximate surface area is 163 Å². The van der Waals surface area contributed by atoms with Crippen molar-refractivity contribution >= 4 is 23.4 Å². The molecule has 2 aromatic carbocycles. The van der Waals surface area contributed by atoms with E-state index in [-0.39, 0.29) is 16.7 Å². The molecule has 0 aliphatic carbocycles. The number of anilines is 1. The SMILES string of the molecule is Cc1ccc(S[C@H](C)C(=O)Nc2c(C)n(C)n(-c3ccccc3)c2=O)cc1. The lowest BCUT2D eigenvalue weighted by molar-refractivity contribution is -0.115. The number of aryl methyl sites for hydroxylation is 1. The predicted octanol–water partition coefficient (Wildman–Crippen LogP) is 3.91. The molecule has 1 amide bonds. The number of carbonyl (C=O) groups is 1. The number of thioether (sulfide) groups is 1. The van der Waals surface area contributed by atoms with Gasteiger partial charge >= 0.3 is 0 Å². The molecule has 1 N–H and O–H groups in total. The molecule has 0 saturated carbocycles. The summed E-state index contributed by atoms with van der Waals surface area (Å²) in [5.41, 5.74) is 2.74. The van der Waals surface area contributed by atoms with Gasteiger partial charge in [-0.05, 0) is 45.0 Å². The summed E-state index contributed by atoms with van der Waals surface area (Å²) < 4.78 is 3.31. The van der Waals surface area contributed by atoms with Crippen molar-refractivity contribution in [2.75, 3.05) is 5.32 Å². The van der Waals surface area contributed by atoms with E-state index in [4.69, 9.17) is 0 Å². The monoisotopic (exact) mass is 381 g/mol. The highest BCUT2D eigenvalue weighted by Crippen LogP contribution is 2.24. The van der Waals surface area contributed by atoms with Crippen LogP contribution in [0.15, 0.2) is 64.3 Å². The molecule has 1 aromatic heterocycles. The highest BCUT2D eigenvalue weighted by Gasteiger charge is 2.21. The Balaban J connectivity index is 1.82. The lowest BCUT2D eigenvalue weighted by Gasteiger charge is -2.11. The molecule has 27 heavy (non-hydrogen) atoms. The Hall–Kier alpha value is -2.73. The minimum Gasteiger partial charge on any atom is -0.319 e. The maximum Gasteiger partial charge on any atom is 0.295 e. The topological polar surface area (TPSA) is 56.0 Å². The Bertz CT molecular complexity index is 1000. The van der Waals surface area contributed by atoms with E-state index in [1.54, 1.807) is 9.36 Å². The summed E-state index contributed by atoms with van der Waals surface area (Å²) in [5.74, 6) is -0.188. The molecule has 6 heteroatoms. The summed E-state index contributed by atoms with van der Waals surface area (Å²) >= 11 is 1.47. The van der Waals surface area contributed by atoms with Crippen molar-refractivity contribution in [3.05, 3.63) is 76.2 Å². The minimum absolute atomic E-state index is 0.188. The van der Waals surface area contributed by atoms with Gasteiger partial charge in [-0.2, -0.15) is 0 Å². The fraction of sp³-hybridized carbons (Fsp3) is 0.238. The largest absolute Gasteiger partial charge is 0.319 e. The van der Waals surface area contributed by atoms with Gasteiger partial charge in [0.1, 0.15) is 5.69 Å². The Morgan fingerprint density at radius 2 is 1.67 bits per heavy atom. The molecule has 0 aliphatic rings. The second kappa shape index (κ2) is 7.88. The van der Waals surface area contributed by atoms with E-state index >= 15 is 0 Å². The first-order valence-electron chi connectivity index (χ1n) is 8.76. The van der Waals surface area contributed by atoms with Gasteiger partial charge in [-0.3, -0.25) is 14.3 Å². The van der Waals surface area contributed by atoms with E-state index in [1.165, 1.54) is 17.3 Å². The number of benzene rings is 2. The number of para-hydroxylation sites is 1. The lowest BCUT2D eigenvalue weighted by Crippen LogP contribution is -2.27. The van der Waals surface area contributed by atoms with Crippen LogP contribution in [-0.2, 0) is 11.8 Å². The van der Waals surface area contributed by atoms with Crippen molar-refractivity contribution in [2.45, 2.75) is 30.9 Å². The third-order valence-corrected chi connectivity index (χ3v) is 5.62. The van der Waals surface area contributed by atoms with Crippen LogP contribution in [-0.4, -0.2) is 20.5 Å². The molecule has 3 rings (SSSR count). The van der Waals surface area contributed by atoms with Gasteiger partial charge in [0, 0.05) is 11.9 Å². The molecule has 1 heterocycles. The zero-order valence-electron chi connectivity index (χ0n) is 15.9. The molecule has 0 saturated heterocycles. The van der Waals surface area contributed by atoms with Crippen LogP contribution < -0.4 is 10.9 Å². The van der Waals surface area contributed by atoms with Crippen LogP contribution in [0.25, 0.3) is 5.69 Å². The van der Waals surface area contributed by atoms with Crippen LogP contribution in [0, 0.1) is 13.8 Å². The molecular weight excluding hydrogens is 358 g/mol. The minimum atomic E-state index is -0.322. The van der Waals surface area contributed by atoms with Crippen LogP contribution in [0.2, 0.25) is 0 Å². The van der Waals surface area contributed by atoms with E-state index in [0.717, 1.165) is 10.6 Å². The number of carbonyl (C=O) groups excluding carboxylic acids is 1. The normalized spacial score (nSPS) is 12.0. The fourth-order valence-corrected chi connectivity index (χ4v) is 3.68. The third-order valence-electron chi connectivity index (χ3n) is 4.51. The lowest BCUT2D eigenvalue weighted by atomic mass is 10.2. The first kappa shape index (κ1) is 19.0. The molecule has 1 atom stereocenters. The van der Waals surface area contributed by atoms with Crippen molar-refractivity contribution < 1.29 is 4.79 Å². The van der Waals surface area contributed by atoms with E-state index in [9.17, 15) is 9.59 Å². The standard InChI is InChI=1S/C21H23N3O2S/c1-14-10-12-18(13-11-14)27-16(3)20(25)22-19-15(2)23(4)24(21(19)26)17-8-6-5-7-9-17/h5-13,16H,1-4H3,(H,22,25)/t16-/m1/s1. The van der Waals surface area contributed by atoms with Crippen LogP contribution in [0.5, 0.6) is 0 Å². The number of rotatable bonds is 5. The fourth-order valence-electron chi connectivity index (χ4n) is 2.81. The second-order valence-corrected chi connectivity index (χ2v) is 7.91. The van der Waals surface area contributed by atoms with E-state index in [1.807, 2.05) is 82.4 Å². The van der Waals surface area contributed by atoms with Crippen LogP contribution in [0.1, 0.15) is 18.2 Å². The van der Waals surface area contributed by atoms with Gasteiger partial charge in [0.2, 0.25) is 5.91 Å². The zero-order valence-corrected chi connectivity index (χ0v) is 16.7. The van der Waals surface area contributed by atoms with Gasteiger partial charge < -0.3 is 5.32 Å². The van der Waals surface area contributed by atoms with Crippen LogP contribution >= 0.6 is 11.8 Å². The average Bonchev–Trinajstić information content (AvgIpc) is 2.87. The molecule has 0 unspecified atom stereocenters. The van der Waals surface area contributed by atoms with Gasteiger partial charge in [0.25, 0.3) is 5.56 Å². The Morgan fingerprint density at radius 1 is 1.04 bits per heavy atom. The highest BCUT2D eigenvalue weighted by molar-refractivity contribution is 8.00. The first-order valence-corrected chi connectivity index (χ1v) is 9.64. The number of hydrogen-bond donors (Lipinski definition) is 1. The maximum absolute atomic E-state index is 12.9. The first-order chi connectivity index (χ1) is 12.9. The van der Waals surface area contributed by atoms with E-state index in [2.05, 4.69) is 5.32 Å². The van der Waals surface area contributed by atoms with Crippen molar-refractivity contribution in [2.24, 2.45) is 7.05 Å². The molecule has 0 spiro atoms. The Morgan fingerprint density at radius 3 is 2.30 bits per heavy atom. The highest BCUT2D eigenvalue weighted by atomic mass is 32.2. The average molecular weight is 382 g/mol. The van der Waals surface area contributed by atoms with Crippen LogP contribution in [0.4, 0.5) is 5.69 Å². The van der Waals surface area contributed by atoms with Gasteiger partial charge in [-0.25, -0.2) is 4.68 Å². The third kappa shape index (κ3) is 4.01. The van der Waals surface area contributed by atoms with Crippen molar-refractivity contribution in [1.29, 1.82) is 0 Å². The van der Waals surface area contributed by atoms with E-state index < -0.39 is 0 Å². The van der Waals surface area contributed by atoms with Crippen LogP contribution in [0.3, 0.4) is 0 Å². The molecule has 3 aromatic rings. The molecule has 0 fully saturated rings. The molecule has 140 valence electrons. The van der Waals surface area contributed by atoms with Gasteiger partial charge in [-0.1, -0.05) is 35.9 Å². The van der Waals surface area contributed by atoms with Gasteiger partial charge in [0.15, 0.2) is 0 Å². The second-order valence-electron chi connectivity index (χ2n) is 6.50. The van der Waals surface area contributed by atoms with Crippen molar-refractivity contribution in [3.63, 3.8) is 0 Å². The molecular formula is C21H23N3O2S. The molecule has 5 nitrogen and oxygen atoms in total. The number of nitrogens with zero attached hydrogens (tertiary/aromatic N) is 2. The maximum atomic E-state index is 12.9. The molecule has 0 bridgehead atoms. The number of aromatic nitrogens is 2. The quantitative estimate of drug-likeness (QED) is 0.682. The summed E-state index contributed by atoms with van der Waals surface area (Å²) in [5, 5.41) is 2.50. The zero-order chi connectivity index (χ0) is 19.6. The Kier molecular flexibility index (Phi) is 5.56. The summed E-state index contributed by atoms with van der Waals surface area (Å²) in [6, 6.07) is 17.4. The number of nitrogens with one attached hydrogen (secondary N) is 1. The van der Waals surface area contributed by atoms with Crippen molar-refractivity contribution in [3.8, 4) is 5.69 Å². The summed E-state index contributed by atoms with van der Waals surface area (Å²) in [6.07, 6.45) is 0. The number of hydrogen-bond acceptors (Lipinski definition) is 3. The molecule has 0 radical (unpaired) electrons. The predicted molar refractivity (Wildman–Crippen MR) is 111 cm³/mol. The smallest absolute Gasteiger partial charge is 0.295 e. The van der Waals surface area contributed by atoms with E-state index in [0.29, 0.717) is 11.4 Å². The molecule has 0 aliphatic heterocycles.